The van der Waals surface area contributed by atoms with Gasteiger partial charge in [-0.3, -0.25) is 0 Å². The first kappa shape index (κ1) is 36.9. The summed E-state index contributed by atoms with van der Waals surface area (Å²) < 4.78 is 2.53. The van der Waals surface area contributed by atoms with Gasteiger partial charge in [-0.1, -0.05) is 202 Å². The molecule has 0 aliphatic heterocycles. The predicted octanol–water partition coefficient (Wildman–Crippen LogP) is 16.9. The summed E-state index contributed by atoms with van der Waals surface area (Å²) in [5.74, 6) is 0.714. The van der Waals surface area contributed by atoms with E-state index < -0.39 is 0 Å². The fourth-order valence-corrected chi connectivity index (χ4v) is 11.9. The smallest absolute Gasteiger partial charge is 0.160 e. The Morgan fingerprint density at radius 1 is 0.359 bits per heavy atom. The number of nitrogens with zero attached hydrogens (tertiary/aromatic N) is 2. The lowest BCUT2D eigenvalue weighted by atomic mass is 9.81. The van der Waals surface area contributed by atoms with Gasteiger partial charge in [-0.05, 0) is 95.0 Å². The molecule has 0 amide bonds. The number of fused-ring (bicyclic) bond motifs is 10. The van der Waals surface area contributed by atoms with Crippen LogP contribution in [0.3, 0.4) is 0 Å². The summed E-state index contributed by atoms with van der Waals surface area (Å²) in [4.78, 5) is 10.6. The lowest BCUT2D eigenvalue weighted by molar-refractivity contribution is 0.661. The third kappa shape index (κ3) is 5.51. The molecule has 2 heterocycles. The minimum absolute atomic E-state index is 0.112. The maximum atomic E-state index is 5.34. The third-order valence-electron chi connectivity index (χ3n) is 13.7. The predicted molar refractivity (Wildman–Crippen MR) is 272 cm³/mol. The van der Waals surface area contributed by atoms with Crippen LogP contribution in [-0.2, 0) is 5.41 Å². The quantitative estimate of drug-likeness (QED) is 0.173. The normalized spacial score (nSPS) is 13.0. The highest BCUT2D eigenvalue weighted by molar-refractivity contribution is 7.25. The summed E-state index contributed by atoms with van der Waals surface area (Å²) in [6, 6.07) is 75.4. The van der Waals surface area contributed by atoms with Crippen molar-refractivity contribution in [2.75, 3.05) is 0 Å². The molecular weight excluding hydrogens is 793 g/mol. The van der Waals surface area contributed by atoms with Gasteiger partial charge in [0.25, 0.3) is 0 Å². The maximum Gasteiger partial charge on any atom is 0.160 e. The largest absolute Gasteiger partial charge is 0.228 e. The molecule has 13 rings (SSSR count). The van der Waals surface area contributed by atoms with Crippen LogP contribution in [0, 0.1) is 0 Å². The summed E-state index contributed by atoms with van der Waals surface area (Å²) in [5.41, 5.74) is 15.3. The van der Waals surface area contributed by atoms with E-state index in [2.05, 4.69) is 214 Å². The fraction of sp³-hybridized carbons (Fsp3) is 0.0492. The highest BCUT2D eigenvalue weighted by atomic mass is 32.1. The van der Waals surface area contributed by atoms with Crippen molar-refractivity contribution in [2.45, 2.75) is 19.3 Å². The SMILES string of the molecule is CC1(C)c2cccc(-c3ccc(-c4ccc(-c5cc(-c6cccc7sc8ccccc8c67)nc(-c6ccccc6)n5)c5ccccc45)c4ccccc34)c2-c2c1ccc1ccccc21. The monoisotopic (exact) mass is 832 g/mol. The number of thiophene rings is 1. The summed E-state index contributed by atoms with van der Waals surface area (Å²) in [7, 11) is 0. The molecule has 0 radical (unpaired) electrons. The Kier molecular flexibility index (Phi) is 8.16. The van der Waals surface area contributed by atoms with Gasteiger partial charge in [0.2, 0.25) is 0 Å². The summed E-state index contributed by atoms with van der Waals surface area (Å²) in [6.45, 7) is 4.76. The summed E-state index contributed by atoms with van der Waals surface area (Å²) in [6.07, 6.45) is 0. The molecule has 64 heavy (non-hydrogen) atoms. The highest BCUT2D eigenvalue weighted by Gasteiger charge is 2.38. The van der Waals surface area contributed by atoms with E-state index in [0.29, 0.717) is 5.82 Å². The van der Waals surface area contributed by atoms with Crippen molar-refractivity contribution < 1.29 is 0 Å². The maximum absolute atomic E-state index is 5.34. The van der Waals surface area contributed by atoms with Crippen LogP contribution in [0.2, 0.25) is 0 Å². The average Bonchev–Trinajstić information content (AvgIpc) is 3.85. The molecular formula is C61H40N2S. The van der Waals surface area contributed by atoms with Crippen LogP contribution in [0.15, 0.2) is 206 Å². The first-order valence-corrected chi connectivity index (χ1v) is 22.9. The molecule has 0 fully saturated rings. The first-order chi connectivity index (χ1) is 31.5. The number of hydrogen-bond acceptors (Lipinski definition) is 3. The fourth-order valence-electron chi connectivity index (χ4n) is 10.7. The molecule has 12 aromatic rings. The topological polar surface area (TPSA) is 25.8 Å². The van der Waals surface area contributed by atoms with Gasteiger partial charge >= 0.3 is 0 Å². The molecule has 0 spiro atoms. The Labute approximate surface area is 375 Å². The van der Waals surface area contributed by atoms with E-state index in [-0.39, 0.29) is 5.41 Å². The second kappa shape index (κ2) is 14.2. The minimum atomic E-state index is -0.112. The zero-order valence-corrected chi connectivity index (χ0v) is 36.2. The van der Waals surface area contributed by atoms with E-state index in [1.54, 1.807) is 0 Å². The van der Waals surface area contributed by atoms with Gasteiger partial charge < -0.3 is 0 Å². The van der Waals surface area contributed by atoms with E-state index >= 15 is 0 Å². The van der Waals surface area contributed by atoms with Gasteiger partial charge in [-0.15, -0.1) is 11.3 Å². The van der Waals surface area contributed by atoms with Gasteiger partial charge in [0, 0.05) is 42.3 Å². The van der Waals surface area contributed by atoms with Crippen molar-refractivity contribution in [3.63, 3.8) is 0 Å². The Balaban J connectivity index is 0.999. The van der Waals surface area contributed by atoms with Gasteiger partial charge in [0.1, 0.15) is 0 Å². The molecule has 300 valence electrons. The number of hydrogen-bond donors (Lipinski definition) is 0. The van der Waals surface area contributed by atoms with Crippen molar-refractivity contribution in [3.05, 3.63) is 217 Å². The molecule has 0 N–H and O–H groups in total. The molecule has 2 aromatic heterocycles. The van der Waals surface area contributed by atoms with Crippen LogP contribution in [0.4, 0.5) is 0 Å². The second-order valence-corrected chi connectivity index (χ2v) is 18.7. The van der Waals surface area contributed by atoms with E-state index in [0.717, 1.165) is 33.5 Å². The second-order valence-electron chi connectivity index (χ2n) is 17.6. The molecule has 1 aliphatic rings. The zero-order chi connectivity index (χ0) is 42.5. The molecule has 0 unspecified atom stereocenters. The molecule has 0 atom stereocenters. The Hall–Kier alpha value is -7.72. The van der Waals surface area contributed by atoms with E-state index in [4.69, 9.17) is 9.97 Å². The average molecular weight is 833 g/mol. The lowest BCUT2D eigenvalue weighted by Gasteiger charge is -2.22. The molecule has 2 nitrogen and oxygen atoms in total. The van der Waals surface area contributed by atoms with Crippen LogP contribution in [-0.4, -0.2) is 9.97 Å². The summed E-state index contributed by atoms with van der Waals surface area (Å²) >= 11 is 1.83. The molecule has 3 heteroatoms. The standard InChI is InChI=1S/C61H40N2S/c1-61(2)51-27-14-25-48(59(51)58-39-19-7-6-16-37(39)30-35-52(58)61)46-32-31-44(40-20-8-9-21-41(40)46)45-33-34-47(43-23-11-10-22-42(43)45)53-36-54(63-60(62-53)38-17-4-3-5-18-38)49-26-15-29-56-57(49)50-24-12-13-28-55(50)64-56/h3-36H,1-2H3. The Morgan fingerprint density at radius 3 is 1.59 bits per heavy atom. The van der Waals surface area contributed by atoms with Crippen molar-refractivity contribution >= 4 is 63.8 Å². The molecule has 0 bridgehead atoms. The van der Waals surface area contributed by atoms with Gasteiger partial charge in [0.05, 0.1) is 11.4 Å². The van der Waals surface area contributed by atoms with Crippen LogP contribution in [0.1, 0.15) is 25.0 Å². The summed E-state index contributed by atoms with van der Waals surface area (Å²) in [5, 5.41) is 9.91. The Bertz CT molecular complexity index is 3880. The van der Waals surface area contributed by atoms with Crippen molar-refractivity contribution in [1.82, 2.24) is 9.97 Å². The minimum Gasteiger partial charge on any atom is -0.228 e. The van der Waals surface area contributed by atoms with Crippen molar-refractivity contribution in [2.24, 2.45) is 0 Å². The van der Waals surface area contributed by atoms with E-state index in [9.17, 15) is 0 Å². The van der Waals surface area contributed by atoms with Crippen LogP contribution < -0.4 is 0 Å². The lowest BCUT2D eigenvalue weighted by Crippen LogP contribution is -2.14. The Morgan fingerprint density at radius 2 is 0.875 bits per heavy atom. The molecule has 10 aromatic carbocycles. The number of aromatic nitrogens is 2. The van der Waals surface area contributed by atoms with Gasteiger partial charge in [0.15, 0.2) is 5.82 Å². The first-order valence-electron chi connectivity index (χ1n) is 22.1. The molecule has 1 aliphatic carbocycles. The molecule has 0 saturated heterocycles. The van der Waals surface area contributed by atoms with Crippen molar-refractivity contribution in [1.29, 1.82) is 0 Å². The van der Waals surface area contributed by atoms with Crippen LogP contribution >= 0.6 is 11.3 Å². The zero-order valence-electron chi connectivity index (χ0n) is 35.4. The number of benzene rings is 10. The van der Waals surface area contributed by atoms with Crippen LogP contribution in [0.25, 0.3) is 120 Å². The van der Waals surface area contributed by atoms with E-state index in [1.807, 2.05) is 17.4 Å². The number of rotatable bonds is 5. The van der Waals surface area contributed by atoms with Gasteiger partial charge in [-0.2, -0.15) is 0 Å². The van der Waals surface area contributed by atoms with E-state index in [1.165, 1.54) is 91.6 Å². The van der Waals surface area contributed by atoms with Gasteiger partial charge in [-0.25, -0.2) is 9.97 Å². The van der Waals surface area contributed by atoms with Crippen LogP contribution in [0.5, 0.6) is 0 Å². The molecule has 0 saturated carbocycles. The highest BCUT2D eigenvalue weighted by Crippen LogP contribution is 2.55. The van der Waals surface area contributed by atoms with Crippen molar-refractivity contribution in [3.8, 4) is 67.3 Å². The third-order valence-corrected chi connectivity index (χ3v) is 14.9.